The molecule has 0 fully saturated rings. The van der Waals surface area contributed by atoms with Crippen LogP contribution in [-0.4, -0.2) is 41.3 Å². The highest BCUT2D eigenvalue weighted by atomic mass is 16.5. The number of methoxy groups -OCH3 is 1. The molecule has 2 heterocycles. The van der Waals surface area contributed by atoms with Crippen LogP contribution in [0.3, 0.4) is 0 Å². The molecule has 0 aliphatic rings. The van der Waals surface area contributed by atoms with Gasteiger partial charge in [-0.05, 0) is 29.8 Å². The van der Waals surface area contributed by atoms with Crippen molar-refractivity contribution in [2.24, 2.45) is 5.73 Å². The zero-order valence-electron chi connectivity index (χ0n) is 14.6. The van der Waals surface area contributed by atoms with Gasteiger partial charge in [0.15, 0.2) is 0 Å². The monoisotopic (exact) mass is 350 g/mol. The summed E-state index contributed by atoms with van der Waals surface area (Å²) in [7, 11) is 1.63. The quantitative estimate of drug-likeness (QED) is 0.574. The van der Waals surface area contributed by atoms with Crippen molar-refractivity contribution in [3.05, 3.63) is 61.1 Å². The molecule has 4 N–H and O–H groups in total. The molecule has 0 saturated heterocycles. The molecule has 0 spiro atoms. The molecule has 7 heteroatoms. The van der Waals surface area contributed by atoms with Gasteiger partial charge in [-0.3, -0.25) is 4.98 Å². The number of hydrogen-bond acceptors (Lipinski definition) is 7. The van der Waals surface area contributed by atoms with Crippen molar-refractivity contribution in [3.63, 3.8) is 0 Å². The zero-order valence-corrected chi connectivity index (χ0v) is 14.6. The number of aromatic nitrogens is 3. The van der Waals surface area contributed by atoms with Crippen molar-refractivity contribution in [2.45, 2.75) is 6.04 Å². The molecule has 1 unspecified atom stereocenters. The van der Waals surface area contributed by atoms with Gasteiger partial charge in [-0.1, -0.05) is 18.2 Å². The fraction of sp³-hybridized carbons (Fsp3) is 0.211. The number of ether oxygens (including phenoxy) is 1. The largest absolute Gasteiger partial charge is 0.383 e. The van der Waals surface area contributed by atoms with Gasteiger partial charge in [0.25, 0.3) is 0 Å². The molecule has 7 nitrogen and oxygen atoms in total. The van der Waals surface area contributed by atoms with Crippen molar-refractivity contribution in [2.75, 3.05) is 30.9 Å². The van der Waals surface area contributed by atoms with Crippen LogP contribution >= 0.6 is 0 Å². The maximum absolute atomic E-state index is 5.90. The first-order valence-electron chi connectivity index (χ1n) is 8.33. The van der Waals surface area contributed by atoms with Crippen LogP contribution < -0.4 is 16.4 Å². The summed E-state index contributed by atoms with van der Waals surface area (Å²) in [6, 6.07) is 13.7. The van der Waals surface area contributed by atoms with Gasteiger partial charge in [0.2, 0.25) is 5.95 Å². The summed E-state index contributed by atoms with van der Waals surface area (Å²) in [5.74, 6) is 1.22. The average Bonchev–Trinajstić information content (AvgIpc) is 2.68. The molecule has 0 amide bonds. The van der Waals surface area contributed by atoms with Gasteiger partial charge in [0, 0.05) is 49.5 Å². The van der Waals surface area contributed by atoms with Crippen LogP contribution in [0.15, 0.2) is 61.1 Å². The van der Waals surface area contributed by atoms with Crippen LogP contribution in [0.25, 0.3) is 11.1 Å². The molecule has 3 rings (SSSR count). The highest BCUT2D eigenvalue weighted by Gasteiger charge is 2.05. The molecule has 0 radical (unpaired) electrons. The first-order chi connectivity index (χ1) is 12.7. The summed E-state index contributed by atoms with van der Waals surface area (Å²) in [5.41, 5.74) is 8.99. The second-order valence-corrected chi connectivity index (χ2v) is 5.81. The summed E-state index contributed by atoms with van der Waals surface area (Å²) < 4.78 is 5.02. The van der Waals surface area contributed by atoms with Crippen LogP contribution in [0.2, 0.25) is 0 Å². The van der Waals surface area contributed by atoms with E-state index in [-0.39, 0.29) is 6.04 Å². The predicted molar refractivity (Wildman–Crippen MR) is 103 cm³/mol. The van der Waals surface area contributed by atoms with E-state index in [1.54, 1.807) is 19.5 Å². The Hall–Kier alpha value is -3.03. The summed E-state index contributed by atoms with van der Waals surface area (Å²) >= 11 is 0. The van der Waals surface area contributed by atoms with Gasteiger partial charge in [-0.2, -0.15) is 4.98 Å². The lowest BCUT2D eigenvalue weighted by Crippen LogP contribution is -2.33. The predicted octanol–water partition coefficient (Wildman–Crippen LogP) is 2.67. The number of hydrogen-bond donors (Lipinski definition) is 3. The Morgan fingerprint density at radius 2 is 2.00 bits per heavy atom. The molecule has 2 aromatic heterocycles. The minimum atomic E-state index is -0.114. The average molecular weight is 350 g/mol. The van der Waals surface area contributed by atoms with Crippen LogP contribution in [0, 0.1) is 0 Å². The molecule has 1 atom stereocenters. The second-order valence-electron chi connectivity index (χ2n) is 5.81. The first kappa shape index (κ1) is 17.8. The zero-order chi connectivity index (χ0) is 18.2. The third-order valence-electron chi connectivity index (χ3n) is 3.69. The fourth-order valence-corrected chi connectivity index (χ4v) is 2.47. The normalized spacial score (nSPS) is 11.8. The van der Waals surface area contributed by atoms with E-state index in [4.69, 9.17) is 10.5 Å². The van der Waals surface area contributed by atoms with E-state index in [0.717, 1.165) is 16.8 Å². The van der Waals surface area contributed by atoms with Crippen molar-refractivity contribution in [3.8, 4) is 11.1 Å². The highest BCUT2D eigenvalue weighted by Crippen LogP contribution is 2.23. The topological polar surface area (TPSA) is 98.0 Å². The Bertz CT molecular complexity index is 827. The number of nitrogens with two attached hydrogens (primary N) is 1. The van der Waals surface area contributed by atoms with E-state index in [2.05, 4.69) is 31.7 Å². The summed E-state index contributed by atoms with van der Waals surface area (Å²) in [6.45, 7) is 1.01. The molecule has 0 aliphatic heterocycles. The number of nitrogens with zero attached hydrogens (tertiary/aromatic N) is 3. The van der Waals surface area contributed by atoms with Crippen LogP contribution in [0.1, 0.15) is 0 Å². The van der Waals surface area contributed by atoms with Gasteiger partial charge in [-0.25, -0.2) is 4.98 Å². The lowest BCUT2D eigenvalue weighted by molar-refractivity contribution is 0.183. The van der Waals surface area contributed by atoms with Crippen molar-refractivity contribution in [1.82, 2.24) is 15.0 Å². The molecular formula is C19H22N6O. The maximum atomic E-state index is 5.90. The Balaban J connectivity index is 1.68. The maximum Gasteiger partial charge on any atom is 0.224 e. The molecule has 0 saturated carbocycles. The molecule has 0 aliphatic carbocycles. The third kappa shape index (κ3) is 4.98. The summed E-state index contributed by atoms with van der Waals surface area (Å²) in [5, 5.41) is 6.42. The van der Waals surface area contributed by atoms with Crippen molar-refractivity contribution >= 4 is 17.5 Å². The van der Waals surface area contributed by atoms with Crippen LogP contribution in [0.5, 0.6) is 0 Å². The summed E-state index contributed by atoms with van der Waals surface area (Å²) in [4.78, 5) is 12.8. The van der Waals surface area contributed by atoms with E-state index in [9.17, 15) is 0 Å². The van der Waals surface area contributed by atoms with E-state index in [1.165, 1.54) is 0 Å². The van der Waals surface area contributed by atoms with Gasteiger partial charge in [-0.15, -0.1) is 0 Å². The number of rotatable bonds is 8. The molecule has 26 heavy (non-hydrogen) atoms. The minimum Gasteiger partial charge on any atom is -0.383 e. The number of nitrogens with one attached hydrogen (secondary N) is 2. The second kappa shape index (κ2) is 8.89. The lowest BCUT2D eigenvalue weighted by Gasteiger charge is -2.12. The molecule has 3 aromatic rings. The van der Waals surface area contributed by atoms with Gasteiger partial charge < -0.3 is 21.1 Å². The Labute approximate surface area is 152 Å². The molecular weight excluding hydrogens is 328 g/mol. The Kier molecular flexibility index (Phi) is 6.08. The molecule has 0 bridgehead atoms. The number of anilines is 3. The highest BCUT2D eigenvalue weighted by molar-refractivity contribution is 5.69. The van der Waals surface area contributed by atoms with Crippen LogP contribution in [0.4, 0.5) is 17.5 Å². The SMILES string of the molecule is COCC(N)CNc1nccc(Nc2cccc(-c3cccnc3)c2)n1. The standard InChI is InChI=1S/C19H22N6O/c1-26-13-16(20)12-23-19-22-9-7-18(25-19)24-17-6-2-4-14(10-17)15-5-3-8-21-11-15/h2-11,16H,12-13,20H2,1H3,(H2,22,23,24,25). The lowest BCUT2D eigenvalue weighted by atomic mass is 10.1. The number of pyridine rings is 1. The molecule has 134 valence electrons. The van der Waals surface area contributed by atoms with Gasteiger partial charge in [0.05, 0.1) is 6.61 Å². The third-order valence-corrected chi connectivity index (χ3v) is 3.69. The van der Waals surface area contributed by atoms with E-state index in [1.807, 2.05) is 42.6 Å². The van der Waals surface area contributed by atoms with E-state index < -0.39 is 0 Å². The number of benzene rings is 1. The Morgan fingerprint density at radius 1 is 1.12 bits per heavy atom. The summed E-state index contributed by atoms with van der Waals surface area (Å²) in [6.07, 6.45) is 5.30. The molecule has 1 aromatic carbocycles. The van der Waals surface area contributed by atoms with Crippen molar-refractivity contribution < 1.29 is 4.74 Å². The van der Waals surface area contributed by atoms with Crippen molar-refractivity contribution in [1.29, 1.82) is 0 Å². The smallest absolute Gasteiger partial charge is 0.224 e. The van der Waals surface area contributed by atoms with Gasteiger partial charge in [0.1, 0.15) is 5.82 Å². The van der Waals surface area contributed by atoms with E-state index >= 15 is 0 Å². The minimum absolute atomic E-state index is 0.114. The van der Waals surface area contributed by atoms with Gasteiger partial charge >= 0.3 is 0 Å². The first-order valence-corrected chi connectivity index (χ1v) is 8.33. The fourth-order valence-electron chi connectivity index (χ4n) is 2.47. The van der Waals surface area contributed by atoms with E-state index in [0.29, 0.717) is 24.9 Å². The Morgan fingerprint density at radius 3 is 2.81 bits per heavy atom. The van der Waals surface area contributed by atoms with Crippen LogP contribution in [-0.2, 0) is 4.74 Å².